The fourth-order valence-corrected chi connectivity index (χ4v) is 6.14. The predicted molar refractivity (Wildman–Crippen MR) is 186 cm³/mol. The number of aliphatic hydroxyl groups excluding tert-OH is 1. The first-order valence-electron chi connectivity index (χ1n) is 16.6. The second-order valence-corrected chi connectivity index (χ2v) is 13.2. The zero-order chi connectivity index (χ0) is 36.3. The molecule has 0 bridgehead atoms. The van der Waals surface area contributed by atoms with Gasteiger partial charge in [0.15, 0.2) is 11.5 Å². The first-order chi connectivity index (χ1) is 23.1. The predicted octanol–water partition coefficient (Wildman–Crippen LogP) is 11.9. The molecule has 0 saturated carbocycles. The molecule has 0 aliphatic heterocycles. The summed E-state index contributed by atoms with van der Waals surface area (Å²) < 4.78 is 72.7. The minimum atomic E-state index is -5.02. The van der Waals surface area contributed by atoms with Crippen LogP contribution in [0.4, 0.5) is 22.0 Å². The van der Waals surface area contributed by atoms with Crippen LogP contribution in [0.3, 0.4) is 0 Å². The van der Waals surface area contributed by atoms with Gasteiger partial charge in [-0.05, 0) is 31.1 Å². The van der Waals surface area contributed by atoms with Crippen LogP contribution in [0.15, 0.2) is 66.4 Å². The van der Waals surface area contributed by atoms with E-state index < -0.39 is 34.3 Å². The molecule has 10 heteroatoms. The van der Waals surface area contributed by atoms with Crippen molar-refractivity contribution in [3.63, 3.8) is 0 Å². The maximum Gasteiger partial charge on any atom is 0.435 e. The van der Waals surface area contributed by atoms with Crippen molar-refractivity contribution < 1.29 is 52.0 Å². The molecule has 50 heavy (non-hydrogen) atoms. The minimum Gasteiger partial charge on any atom is -0.512 e. The fourth-order valence-electron chi connectivity index (χ4n) is 6.14. The van der Waals surface area contributed by atoms with Gasteiger partial charge in [0, 0.05) is 65.3 Å². The first kappa shape index (κ1) is 40.7. The van der Waals surface area contributed by atoms with Crippen molar-refractivity contribution in [3.8, 4) is 11.3 Å². The van der Waals surface area contributed by atoms with Crippen molar-refractivity contribution in [2.75, 3.05) is 0 Å². The van der Waals surface area contributed by atoms with Crippen molar-refractivity contribution in [2.24, 2.45) is 11.8 Å². The molecule has 0 atom stereocenters. The summed E-state index contributed by atoms with van der Waals surface area (Å²) in [7, 11) is 0. The molecule has 0 unspecified atom stereocenters. The zero-order valence-electron chi connectivity index (χ0n) is 29.2. The molecule has 4 aromatic carbocycles. The van der Waals surface area contributed by atoms with Gasteiger partial charge < -0.3 is 5.11 Å². The molecule has 5 rings (SSSR count). The van der Waals surface area contributed by atoms with Gasteiger partial charge in [-0.25, -0.2) is 8.78 Å². The summed E-state index contributed by atoms with van der Waals surface area (Å²) in [6, 6.07) is 17.7. The number of fused-ring (bicyclic) bond motifs is 3. The Morgan fingerprint density at radius 1 is 0.800 bits per heavy atom. The van der Waals surface area contributed by atoms with Crippen LogP contribution >= 0.6 is 0 Å². The Hall–Kier alpha value is -3.75. The van der Waals surface area contributed by atoms with Gasteiger partial charge in [0.05, 0.1) is 5.76 Å². The van der Waals surface area contributed by atoms with Crippen LogP contribution in [0, 0.1) is 29.5 Å². The number of nitrogens with zero attached hydrogens (tertiary/aromatic N) is 2. The molecule has 1 radical (unpaired) electrons. The monoisotopic (exact) mass is 870 g/mol. The summed E-state index contributed by atoms with van der Waals surface area (Å²) in [5.74, 6) is -1.63. The maximum atomic E-state index is 15.8. The molecule has 1 aromatic heterocycles. The largest absolute Gasteiger partial charge is 0.512 e. The average molecular weight is 870 g/mol. The second-order valence-electron chi connectivity index (χ2n) is 13.2. The Labute approximate surface area is 303 Å². The molecule has 5 aromatic rings. The van der Waals surface area contributed by atoms with Gasteiger partial charge in [-0.15, -0.1) is 29.1 Å². The Morgan fingerprint density at radius 3 is 1.80 bits per heavy atom. The second kappa shape index (κ2) is 16.5. The van der Waals surface area contributed by atoms with E-state index in [4.69, 9.17) is 0 Å². The number of halogens is 5. The number of ketones is 1. The smallest absolute Gasteiger partial charge is 0.435 e. The van der Waals surface area contributed by atoms with E-state index in [2.05, 4.69) is 16.3 Å². The van der Waals surface area contributed by atoms with E-state index in [0.717, 1.165) is 36.6 Å². The van der Waals surface area contributed by atoms with Crippen LogP contribution in [0.2, 0.25) is 0 Å². The van der Waals surface area contributed by atoms with E-state index in [-0.39, 0.29) is 70.9 Å². The summed E-state index contributed by atoms with van der Waals surface area (Å²) in [5, 5.41) is 16.6. The Morgan fingerprint density at radius 2 is 1.30 bits per heavy atom. The number of allylic oxidation sites excluding steroid dienone is 2. The SMILES string of the molecule is CC(C)(C)c1cc(-c2nnc(C(F)(F)F)c3c(F)c4ccccc4c(F)c23)[c-]c2ccccc12.CCC(CC)C(=O)/C=C(\O)C(CC)CC.[Ir]. The quantitative estimate of drug-likeness (QED) is 0.0555. The summed E-state index contributed by atoms with van der Waals surface area (Å²) >= 11 is 0. The molecule has 0 fully saturated rings. The Bertz CT molecular complexity index is 2010. The van der Waals surface area contributed by atoms with Crippen LogP contribution in [-0.4, -0.2) is 21.1 Å². The van der Waals surface area contributed by atoms with E-state index in [0.29, 0.717) is 5.39 Å². The van der Waals surface area contributed by atoms with Crippen molar-refractivity contribution in [3.05, 3.63) is 95.4 Å². The zero-order valence-corrected chi connectivity index (χ0v) is 31.6. The number of alkyl halides is 3. The van der Waals surface area contributed by atoms with Gasteiger partial charge in [0.25, 0.3) is 0 Å². The van der Waals surface area contributed by atoms with Gasteiger partial charge in [-0.3, -0.25) is 4.79 Å². The summed E-state index contributed by atoms with van der Waals surface area (Å²) in [6.07, 6.45) is -0.118. The summed E-state index contributed by atoms with van der Waals surface area (Å²) in [5.41, 5.74) is -1.00. The number of aliphatic hydroxyl groups is 1. The number of rotatable bonds is 8. The van der Waals surface area contributed by atoms with Gasteiger partial charge in [-0.2, -0.15) is 23.4 Å². The maximum absolute atomic E-state index is 15.8. The van der Waals surface area contributed by atoms with Gasteiger partial charge >= 0.3 is 6.18 Å². The molecule has 269 valence electrons. The molecule has 0 amide bonds. The van der Waals surface area contributed by atoms with Crippen LogP contribution in [0.1, 0.15) is 85.4 Å². The van der Waals surface area contributed by atoms with Gasteiger partial charge in [0.2, 0.25) is 0 Å². The van der Waals surface area contributed by atoms with Crippen LogP contribution in [0.5, 0.6) is 0 Å². The van der Waals surface area contributed by atoms with E-state index in [1.165, 1.54) is 30.3 Å². The third-order valence-corrected chi connectivity index (χ3v) is 9.00. The first-order valence-corrected chi connectivity index (χ1v) is 16.6. The molecule has 4 nitrogen and oxygen atoms in total. The molecule has 0 saturated heterocycles. The molecule has 1 N–H and O–H groups in total. The Balaban J connectivity index is 0.000000361. The molecule has 0 aliphatic carbocycles. The number of carbonyl (C=O) groups excluding carboxylic acids is 1. The molecule has 0 spiro atoms. The topological polar surface area (TPSA) is 63.1 Å². The standard InChI is InChI=1S/C27H18F5N2.C13H24O2.Ir/c1-26(2,3)19-13-15(12-14-8-4-5-9-16(14)19)24-20-21(25(34-33-24)27(30,31)32)23(29)18-11-7-6-10-17(18)22(20)28;1-5-10(6-2)12(14)9-13(15)11(7-3)8-4;/h4-11,13H,1-3H3;9-11,14H,5-8H2,1-4H3;/q-1;;/b;12-9-;. The normalized spacial score (nSPS) is 12.4. The molecular formula is C40H42F5IrN2O2-. The minimum absolute atomic E-state index is 0. The van der Waals surface area contributed by atoms with Crippen molar-refractivity contribution >= 4 is 38.1 Å². The Kier molecular flexibility index (Phi) is 13.4. The third kappa shape index (κ3) is 8.40. The van der Waals surface area contributed by atoms with Crippen LogP contribution < -0.4 is 0 Å². The summed E-state index contributed by atoms with van der Waals surface area (Å²) in [6.45, 7) is 14.0. The molecule has 1 heterocycles. The number of hydrogen-bond acceptors (Lipinski definition) is 4. The van der Waals surface area contributed by atoms with E-state index >= 15 is 8.78 Å². The number of benzene rings is 4. The number of aromatic nitrogens is 2. The van der Waals surface area contributed by atoms with E-state index in [1.54, 1.807) is 18.2 Å². The van der Waals surface area contributed by atoms with Crippen LogP contribution in [-0.2, 0) is 36.5 Å². The summed E-state index contributed by atoms with van der Waals surface area (Å²) in [4.78, 5) is 11.7. The van der Waals surface area contributed by atoms with Crippen molar-refractivity contribution in [1.82, 2.24) is 10.2 Å². The van der Waals surface area contributed by atoms with E-state index in [1.807, 2.05) is 60.6 Å². The molecular weight excluding hydrogens is 828 g/mol. The fraction of sp³-hybridized carbons (Fsp3) is 0.375. The number of hydrogen-bond donors (Lipinski definition) is 1. The van der Waals surface area contributed by atoms with Crippen molar-refractivity contribution in [2.45, 2.75) is 85.7 Å². The average Bonchev–Trinajstić information content (AvgIpc) is 3.06. The van der Waals surface area contributed by atoms with Crippen molar-refractivity contribution in [1.29, 1.82) is 0 Å². The van der Waals surface area contributed by atoms with E-state index in [9.17, 15) is 23.1 Å². The van der Waals surface area contributed by atoms with Gasteiger partial charge in [0.1, 0.15) is 11.6 Å². The van der Waals surface area contributed by atoms with Crippen LogP contribution in [0.25, 0.3) is 43.6 Å². The third-order valence-electron chi connectivity index (χ3n) is 9.00. The van der Waals surface area contributed by atoms with Gasteiger partial charge in [-0.1, -0.05) is 102 Å². The molecule has 0 aliphatic rings. The number of carbonyl (C=O) groups is 1.